The smallest absolute Gasteiger partial charge is 0.243 e. The Labute approximate surface area is 200 Å². The predicted octanol–water partition coefficient (Wildman–Crippen LogP) is 3.20. The van der Waals surface area contributed by atoms with Crippen LogP contribution < -0.4 is 10.6 Å². The Morgan fingerprint density at radius 1 is 1.21 bits per heavy atom. The Balaban J connectivity index is 1.72. The fourth-order valence-corrected chi connectivity index (χ4v) is 5.35. The zero-order valence-corrected chi connectivity index (χ0v) is 21.4. The highest BCUT2D eigenvalue weighted by atomic mass is 32.1. The van der Waals surface area contributed by atoms with Crippen molar-refractivity contribution in [2.75, 3.05) is 13.6 Å². The number of hydrogen-bond donors (Lipinski definition) is 3. The third-order valence-corrected chi connectivity index (χ3v) is 7.20. The van der Waals surface area contributed by atoms with Crippen molar-refractivity contribution in [1.29, 1.82) is 0 Å². The summed E-state index contributed by atoms with van der Waals surface area (Å²) in [7, 11) is 1.75. The van der Waals surface area contributed by atoms with Gasteiger partial charge < -0.3 is 20.6 Å². The van der Waals surface area contributed by atoms with Gasteiger partial charge in [-0.25, -0.2) is 0 Å². The van der Waals surface area contributed by atoms with E-state index in [2.05, 4.69) is 34.1 Å². The highest BCUT2D eigenvalue weighted by Crippen LogP contribution is 2.31. The third-order valence-electron chi connectivity index (χ3n) is 6.36. The van der Waals surface area contributed by atoms with Crippen LogP contribution in [0.5, 0.6) is 0 Å². The number of likely N-dealkylation sites (tertiary alicyclic amines) is 1. The molecule has 1 saturated heterocycles. The maximum Gasteiger partial charge on any atom is 0.243 e. The fraction of sp³-hybridized carbons (Fsp3) is 0.560. The molecule has 1 aliphatic rings. The Bertz CT molecular complexity index is 977. The number of nitrogens with one attached hydrogen (secondary N) is 2. The lowest BCUT2D eigenvalue weighted by atomic mass is 9.86. The molecule has 2 heterocycles. The second-order valence-corrected chi connectivity index (χ2v) is 11.0. The maximum absolute atomic E-state index is 13.2. The molecule has 180 valence electrons. The first kappa shape index (κ1) is 25.3. The number of amides is 2. The number of aromatic nitrogens is 1. The van der Waals surface area contributed by atoms with Gasteiger partial charge in [-0.3, -0.25) is 9.59 Å². The first-order chi connectivity index (χ1) is 15.4. The van der Waals surface area contributed by atoms with Crippen molar-refractivity contribution in [2.24, 2.45) is 5.41 Å². The number of carbonyl (C=O) groups is 2. The first-order valence-corrected chi connectivity index (χ1v) is 12.2. The average Bonchev–Trinajstić information content (AvgIpc) is 3.29. The molecule has 3 N–H and O–H groups in total. The minimum atomic E-state index is -0.706. The van der Waals surface area contributed by atoms with Gasteiger partial charge in [-0.05, 0) is 55.9 Å². The SMILES string of the molecule is CN[C@H](C(=O)N1C[C@H](O)C[C@H]1C(=O)N[C@@H](C)c1ccc(-c2c(C)nsc2C)cc1)C(C)(C)C. The van der Waals surface area contributed by atoms with E-state index >= 15 is 0 Å². The van der Waals surface area contributed by atoms with Gasteiger partial charge in [0.15, 0.2) is 0 Å². The van der Waals surface area contributed by atoms with Crippen molar-refractivity contribution in [2.45, 2.75) is 72.2 Å². The molecular formula is C25H36N4O3S. The molecule has 0 unspecified atom stereocenters. The molecular weight excluding hydrogens is 436 g/mol. The summed E-state index contributed by atoms with van der Waals surface area (Å²) in [4.78, 5) is 29.1. The summed E-state index contributed by atoms with van der Waals surface area (Å²) in [5.74, 6) is -0.400. The summed E-state index contributed by atoms with van der Waals surface area (Å²) in [5, 5.41) is 16.4. The zero-order chi connectivity index (χ0) is 24.5. The van der Waals surface area contributed by atoms with Crippen molar-refractivity contribution in [3.63, 3.8) is 0 Å². The monoisotopic (exact) mass is 472 g/mol. The minimum Gasteiger partial charge on any atom is -0.391 e. The highest BCUT2D eigenvalue weighted by Gasteiger charge is 2.43. The number of aliphatic hydroxyl groups is 1. The van der Waals surface area contributed by atoms with Gasteiger partial charge in [0, 0.05) is 23.4 Å². The van der Waals surface area contributed by atoms with Gasteiger partial charge in [0.25, 0.3) is 0 Å². The number of benzene rings is 1. The number of hydrogen-bond acceptors (Lipinski definition) is 6. The minimum absolute atomic E-state index is 0.159. The van der Waals surface area contributed by atoms with Crippen LogP contribution in [0, 0.1) is 19.3 Å². The van der Waals surface area contributed by atoms with E-state index in [9.17, 15) is 14.7 Å². The Kier molecular flexibility index (Phi) is 7.61. The van der Waals surface area contributed by atoms with Gasteiger partial charge in [-0.15, -0.1) is 0 Å². The second-order valence-electron chi connectivity index (χ2n) is 10.0. The van der Waals surface area contributed by atoms with E-state index in [1.54, 1.807) is 7.05 Å². The number of carbonyl (C=O) groups excluding carboxylic acids is 2. The molecule has 8 heteroatoms. The predicted molar refractivity (Wildman–Crippen MR) is 132 cm³/mol. The van der Waals surface area contributed by atoms with Gasteiger partial charge in [0.1, 0.15) is 6.04 Å². The van der Waals surface area contributed by atoms with Crippen molar-refractivity contribution in [3.05, 3.63) is 40.4 Å². The molecule has 1 fully saturated rings. The van der Waals surface area contributed by atoms with E-state index in [0.29, 0.717) is 0 Å². The van der Waals surface area contributed by atoms with Gasteiger partial charge >= 0.3 is 0 Å². The standard InChI is InChI=1S/C25H36N4O3S/c1-14(17-8-10-18(11-9-17)21-15(2)28-33-16(21)3)27-23(31)20-12-19(30)13-29(20)24(32)22(26-7)25(4,5)6/h8-11,14,19-20,22,26,30H,12-13H2,1-7H3,(H,27,31)/t14-,19+,20-,22+/m0/s1. The fourth-order valence-electron chi connectivity index (χ4n) is 4.63. The van der Waals surface area contributed by atoms with Crippen LogP contribution in [0.1, 0.15) is 56.3 Å². The van der Waals surface area contributed by atoms with Crippen LogP contribution in [-0.2, 0) is 9.59 Å². The van der Waals surface area contributed by atoms with E-state index < -0.39 is 18.2 Å². The first-order valence-electron chi connectivity index (χ1n) is 11.4. The molecule has 3 rings (SSSR count). The van der Waals surface area contributed by atoms with E-state index in [1.807, 2.05) is 46.8 Å². The van der Waals surface area contributed by atoms with Crippen LogP contribution in [0.15, 0.2) is 24.3 Å². The summed E-state index contributed by atoms with van der Waals surface area (Å²) in [6.45, 7) is 12.1. The maximum atomic E-state index is 13.2. The summed E-state index contributed by atoms with van der Waals surface area (Å²) in [6.07, 6.45) is -0.462. The molecule has 2 aromatic rings. The topological polar surface area (TPSA) is 94.6 Å². The van der Waals surface area contributed by atoms with Gasteiger partial charge in [0.05, 0.1) is 23.9 Å². The van der Waals surface area contributed by atoms with E-state index in [-0.39, 0.29) is 36.2 Å². The van der Waals surface area contributed by atoms with E-state index in [0.717, 1.165) is 22.4 Å². The van der Waals surface area contributed by atoms with Crippen LogP contribution in [-0.4, -0.2) is 58.0 Å². The molecule has 33 heavy (non-hydrogen) atoms. The van der Waals surface area contributed by atoms with Crippen molar-refractivity contribution in [1.82, 2.24) is 19.9 Å². The summed E-state index contributed by atoms with van der Waals surface area (Å²) in [6, 6.07) is 6.78. The molecule has 2 amide bonds. The van der Waals surface area contributed by atoms with Crippen LogP contribution >= 0.6 is 11.5 Å². The number of likely N-dealkylation sites (N-methyl/N-ethyl adjacent to an activating group) is 1. The molecule has 4 atom stereocenters. The second kappa shape index (κ2) is 9.91. The van der Waals surface area contributed by atoms with E-state index in [1.165, 1.54) is 21.3 Å². The van der Waals surface area contributed by atoms with Gasteiger partial charge in [-0.1, -0.05) is 45.0 Å². The molecule has 0 saturated carbocycles. The van der Waals surface area contributed by atoms with Crippen molar-refractivity contribution in [3.8, 4) is 11.1 Å². The van der Waals surface area contributed by atoms with Crippen LogP contribution in [0.3, 0.4) is 0 Å². The Morgan fingerprint density at radius 3 is 2.36 bits per heavy atom. The number of β-amino-alcohol motifs (C(OH)–C–C–N with tert-alkyl or cyclic N) is 1. The lowest BCUT2D eigenvalue weighted by Crippen LogP contribution is -2.56. The Morgan fingerprint density at radius 2 is 1.85 bits per heavy atom. The largest absolute Gasteiger partial charge is 0.391 e. The van der Waals surface area contributed by atoms with Crippen LogP contribution in [0.25, 0.3) is 11.1 Å². The molecule has 0 radical (unpaired) electrons. The van der Waals surface area contributed by atoms with Crippen LogP contribution in [0.2, 0.25) is 0 Å². The van der Waals surface area contributed by atoms with Gasteiger partial charge in [-0.2, -0.15) is 4.37 Å². The molecule has 1 aliphatic heterocycles. The molecule has 0 bridgehead atoms. The van der Waals surface area contributed by atoms with Crippen molar-refractivity contribution >= 4 is 23.3 Å². The van der Waals surface area contributed by atoms with Crippen molar-refractivity contribution < 1.29 is 14.7 Å². The Hall–Kier alpha value is -2.29. The molecule has 1 aromatic carbocycles. The molecule has 7 nitrogen and oxygen atoms in total. The quantitative estimate of drug-likeness (QED) is 0.600. The summed E-state index contributed by atoms with van der Waals surface area (Å²) in [5.41, 5.74) is 3.95. The zero-order valence-electron chi connectivity index (χ0n) is 20.6. The highest BCUT2D eigenvalue weighted by molar-refractivity contribution is 7.06. The lowest BCUT2D eigenvalue weighted by molar-refractivity contribution is -0.142. The average molecular weight is 473 g/mol. The van der Waals surface area contributed by atoms with Gasteiger partial charge in [0.2, 0.25) is 11.8 Å². The summed E-state index contributed by atoms with van der Waals surface area (Å²) >= 11 is 1.50. The molecule has 0 spiro atoms. The molecule has 1 aromatic heterocycles. The number of rotatable bonds is 6. The lowest BCUT2D eigenvalue weighted by Gasteiger charge is -2.34. The summed E-state index contributed by atoms with van der Waals surface area (Å²) < 4.78 is 4.42. The molecule has 0 aliphatic carbocycles. The van der Waals surface area contributed by atoms with Crippen LogP contribution in [0.4, 0.5) is 0 Å². The third kappa shape index (κ3) is 5.45. The number of aryl methyl sites for hydroxylation is 2. The number of aliphatic hydroxyl groups excluding tert-OH is 1. The normalized spacial score (nSPS) is 20.5. The number of nitrogens with zero attached hydrogens (tertiary/aromatic N) is 2. The van der Waals surface area contributed by atoms with E-state index in [4.69, 9.17) is 0 Å².